The molecule has 0 unspecified atom stereocenters. The number of oxime groups is 1. The number of hydrogen-bond donors (Lipinski definition) is 2. The molecule has 0 bridgehead atoms. The van der Waals surface area contributed by atoms with E-state index in [9.17, 15) is 8.42 Å². The monoisotopic (exact) mass is 277 g/mol. The lowest BCUT2D eigenvalue weighted by molar-refractivity contribution is 0.315. The Kier molecular flexibility index (Phi) is 5.87. The van der Waals surface area contributed by atoms with Crippen LogP contribution >= 0.6 is 0 Å². The van der Waals surface area contributed by atoms with Crippen LogP contribution in [0.5, 0.6) is 0 Å². The van der Waals surface area contributed by atoms with Gasteiger partial charge in [-0.05, 0) is 12.8 Å². The van der Waals surface area contributed by atoms with Crippen LogP contribution in [0.4, 0.5) is 0 Å². The molecule has 6 nitrogen and oxygen atoms in total. The van der Waals surface area contributed by atoms with Crippen molar-refractivity contribution in [3.63, 3.8) is 0 Å². The zero-order valence-electron chi connectivity index (χ0n) is 10.9. The van der Waals surface area contributed by atoms with Gasteiger partial charge in [-0.1, -0.05) is 31.3 Å². The molecule has 0 radical (unpaired) electrons. The van der Waals surface area contributed by atoms with Crippen molar-refractivity contribution in [3.8, 4) is 0 Å². The maximum absolute atomic E-state index is 12.4. The molecular formula is C11H23N3O3S. The van der Waals surface area contributed by atoms with E-state index in [1.807, 2.05) is 6.92 Å². The van der Waals surface area contributed by atoms with Crippen LogP contribution in [-0.2, 0) is 10.0 Å². The summed E-state index contributed by atoms with van der Waals surface area (Å²) in [5.41, 5.74) is 5.38. The van der Waals surface area contributed by atoms with Crippen LogP contribution in [0.3, 0.4) is 0 Å². The van der Waals surface area contributed by atoms with Gasteiger partial charge >= 0.3 is 0 Å². The van der Waals surface area contributed by atoms with E-state index >= 15 is 0 Å². The third-order valence-corrected chi connectivity index (χ3v) is 5.91. The van der Waals surface area contributed by atoms with Crippen molar-refractivity contribution < 1.29 is 13.6 Å². The average Bonchev–Trinajstić information content (AvgIpc) is 2.39. The molecule has 0 spiro atoms. The quantitative estimate of drug-likeness (QED) is 0.329. The minimum atomic E-state index is -3.24. The molecule has 18 heavy (non-hydrogen) atoms. The summed E-state index contributed by atoms with van der Waals surface area (Å²) in [7, 11) is -3.24. The van der Waals surface area contributed by atoms with E-state index in [2.05, 4.69) is 5.16 Å². The fourth-order valence-corrected chi connectivity index (χ4v) is 4.38. The van der Waals surface area contributed by atoms with Gasteiger partial charge in [0.05, 0.1) is 5.25 Å². The minimum Gasteiger partial charge on any atom is -0.409 e. The Morgan fingerprint density at radius 1 is 1.39 bits per heavy atom. The van der Waals surface area contributed by atoms with Gasteiger partial charge in [-0.25, -0.2) is 12.7 Å². The van der Waals surface area contributed by atoms with E-state index in [0.717, 1.165) is 32.1 Å². The first kappa shape index (κ1) is 15.2. The summed E-state index contributed by atoms with van der Waals surface area (Å²) in [6, 6.07) is 0. The third kappa shape index (κ3) is 3.84. The van der Waals surface area contributed by atoms with E-state index in [1.54, 1.807) is 0 Å². The van der Waals surface area contributed by atoms with Crippen LogP contribution < -0.4 is 5.73 Å². The van der Waals surface area contributed by atoms with Crippen LogP contribution in [0.2, 0.25) is 0 Å². The number of nitrogens with zero attached hydrogens (tertiary/aromatic N) is 2. The summed E-state index contributed by atoms with van der Waals surface area (Å²) < 4.78 is 26.2. The van der Waals surface area contributed by atoms with Crippen molar-refractivity contribution in [2.24, 2.45) is 10.9 Å². The minimum absolute atomic E-state index is 0.0623. The Balaban J connectivity index is 2.66. The summed E-state index contributed by atoms with van der Waals surface area (Å²) in [6.07, 6.45) is 4.87. The average molecular weight is 277 g/mol. The van der Waals surface area contributed by atoms with Gasteiger partial charge in [0.1, 0.15) is 5.84 Å². The predicted octanol–water partition coefficient (Wildman–Crippen LogP) is 1.11. The molecule has 1 rings (SSSR count). The van der Waals surface area contributed by atoms with Gasteiger partial charge < -0.3 is 10.9 Å². The van der Waals surface area contributed by atoms with Crippen molar-refractivity contribution in [1.29, 1.82) is 0 Å². The fourth-order valence-electron chi connectivity index (χ4n) is 2.33. The zero-order chi connectivity index (χ0) is 13.6. The maximum atomic E-state index is 12.4. The third-order valence-electron chi connectivity index (χ3n) is 3.43. The SMILES string of the molecule is CCN(CC/C(N)=N/O)S(=O)(=O)C1CCCCC1. The summed E-state index contributed by atoms with van der Waals surface area (Å²) in [4.78, 5) is 0. The summed E-state index contributed by atoms with van der Waals surface area (Å²) >= 11 is 0. The van der Waals surface area contributed by atoms with Crippen LogP contribution in [0, 0.1) is 0 Å². The second kappa shape index (κ2) is 6.94. The molecule has 0 atom stereocenters. The van der Waals surface area contributed by atoms with Crippen molar-refractivity contribution in [1.82, 2.24) is 4.31 Å². The molecule has 1 aliphatic rings. The summed E-state index contributed by atoms with van der Waals surface area (Å²) in [5.74, 6) is 0.0623. The molecule has 1 aliphatic carbocycles. The summed E-state index contributed by atoms with van der Waals surface area (Å²) in [6.45, 7) is 2.52. The first-order valence-electron chi connectivity index (χ1n) is 6.47. The summed E-state index contributed by atoms with van der Waals surface area (Å²) in [5, 5.41) is 11.1. The highest BCUT2D eigenvalue weighted by molar-refractivity contribution is 7.89. The largest absolute Gasteiger partial charge is 0.409 e. The highest BCUT2D eigenvalue weighted by Crippen LogP contribution is 2.26. The topological polar surface area (TPSA) is 96.0 Å². The number of sulfonamides is 1. The molecule has 1 saturated carbocycles. The molecule has 1 fully saturated rings. The molecule has 0 amide bonds. The van der Waals surface area contributed by atoms with E-state index < -0.39 is 10.0 Å². The van der Waals surface area contributed by atoms with Gasteiger partial charge in [0.2, 0.25) is 10.0 Å². The Morgan fingerprint density at radius 2 is 2.00 bits per heavy atom. The predicted molar refractivity (Wildman–Crippen MR) is 71.1 cm³/mol. The lowest BCUT2D eigenvalue weighted by Gasteiger charge is -2.28. The molecular weight excluding hydrogens is 254 g/mol. The molecule has 3 N–H and O–H groups in total. The van der Waals surface area contributed by atoms with Crippen molar-refractivity contribution in [2.45, 2.75) is 50.7 Å². The Morgan fingerprint density at radius 3 is 2.50 bits per heavy atom. The van der Waals surface area contributed by atoms with Gasteiger partial charge in [-0.15, -0.1) is 0 Å². The molecule has 0 heterocycles. The maximum Gasteiger partial charge on any atom is 0.216 e. The second-order valence-electron chi connectivity index (χ2n) is 4.64. The van der Waals surface area contributed by atoms with Gasteiger partial charge in [-0.3, -0.25) is 0 Å². The molecule has 7 heteroatoms. The molecule has 0 aliphatic heterocycles. The number of hydrogen-bond acceptors (Lipinski definition) is 4. The van der Waals surface area contributed by atoms with E-state index in [1.165, 1.54) is 4.31 Å². The Bertz CT molecular complexity index is 375. The van der Waals surface area contributed by atoms with Crippen molar-refractivity contribution in [2.75, 3.05) is 13.1 Å². The Hall–Kier alpha value is -0.820. The zero-order valence-corrected chi connectivity index (χ0v) is 11.7. The highest BCUT2D eigenvalue weighted by Gasteiger charge is 2.31. The standard InChI is InChI=1S/C11H23N3O3S/c1-2-14(9-8-11(12)13-15)18(16,17)10-6-4-3-5-7-10/h10,15H,2-9H2,1H3,(H2,12,13). The molecule has 0 aromatic carbocycles. The van der Waals surface area contributed by atoms with Gasteiger partial charge in [0.25, 0.3) is 0 Å². The number of nitrogens with two attached hydrogens (primary N) is 1. The van der Waals surface area contributed by atoms with Crippen LogP contribution in [0.15, 0.2) is 5.16 Å². The lowest BCUT2D eigenvalue weighted by atomic mass is 10.0. The van der Waals surface area contributed by atoms with E-state index in [4.69, 9.17) is 10.9 Å². The van der Waals surface area contributed by atoms with Crippen molar-refractivity contribution in [3.05, 3.63) is 0 Å². The normalized spacial score (nSPS) is 19.3. The van der Waals surface area contributed by atoms with Gasteiger partial charge in [0.15, 0.2) is 0 Å². The molecule has 0 aromatic rings. The van der Waals surface area contributed by atoms with Gasteiger partial charge in [0, 0.05) is 19.5 Å². The van der Waals surface area contributed by atoms with E-state index in [-0.39, 0.29) is 24.1 Å². The smallest absolute Gasteiger partial charge is 0.216 e. The molecule has 106 valence electrons. The van der Waals surface area contributed by atoms with Crippen LogP contribution in [-0.4, -0.2) is 42.1 Å². The van der Waals surface area contributed by atoms with Crippen molar-refractivity contribution >= 4 is 15.9 Å². The number of amidine groups is 1. The Labute approximate surface area is 109 Å². The second-order valence-corrected chi connectivity index (χ2v) is 6.85. The first-order chi connectivity index (χ1) is 8.52. The highest BCUT2D eigenvalue weighted by atomic mass is 32.2. The molecule has 0 saturated heterocycles. The fraction of sp³-hybridized carbons (Fsp3) is 0.909. The van der Waals surface area contributed by atoms with Crippen LogP contribution in [0.25, 0.3) is 0 Å². The first-order valence-corrected chi connectivity index (χ1v) is 7.98. The number of rotatable bonds is 6. The molecule has 0 aromatic heterocycles. The van der Waals surface area contributed by atoms with E-state index in [0.29, 0.717) is 6.54 Å². The van der Waals surface area contributed by atoms with Crippen LogP contribution in [0.1, 0.15) is 45.4 Å². The lowest BCUT2D eigenvalue weighted by Crippen LogP contribution is -2.41. The van der Waals surface area contributed by atoms with Gasteiger partial charge in [-0.2, -0.15) is 0 Å².